The van der Waals surface area contributed by atoms with Crippen molar-refractivity contribution in [3.8, 4) is 0 Å². The van der Waals surface area contributed by atoms with Crippen molar-refractivity contribution in [2.24, 2.45) is 0 Å². The first-order valence-corrected chi connectivity index (χ1v) is 5.71. The molecule has 0 aliphatic carbocycles. The van der Waals surface area contributed by atoms with Crippen LogP contribution in [0, 0.1) is 0 Å². The van der Waals surface area contributed by atoms with Crippen molar-refractivity contribution in [3.05, 3.63) is 53.2 Å². The average molecular weight is 248 g/mol. The van der Waals surface area contributed by atoms with Crippen molar-refractivity contribution >= 4 is 23.1 Å². The number of anilines is 2. The van der Waals surface area contributed by atoms with Crippen LogP contribution < -0.4 is 10.6 Å². The highest BCUT2D eigenvalue weighted by atomic mass is 35.5. The van der Waals surface area contributed by atoms with Crippen LogP contribution in [0.15, 0.2) is 42.6 Å². The lowest BCUT2D eigenvalue weighted by molar-refractivity contribution is 0.900. The van der Waals surface area contributed by atoms with Gasteiger partial charge < -0.3 is 10.6 Å². The smallest absolute Gasteiger partial charge is 0.147 e. The van der Waals surface area contributed by atoms with Gasteiger partial charge in [0.2, 0.25) is 0 Å². The number of pyridine rings is 1. The molecule has 17 heavy (non-hydrogen) atoms. The second-order valence-electron chi connectivity index (χ2n) is 3.86. The van der Waals surface area contributed by atoms with Gasteiger partial charge >= 0.3 is 0 Å². The van der Waals surface area contributed by atoms with Gasteiger partial charge in [0.1, 0.15) is 5.82 Å². The molecule has 0 aliphatic heterocycles. The summed E-state index contributed by atoms with van der Waals surface area (Å²) in [4.78, 5) is 6.24. The maximum Gasteiger partial charge on any atom is 0.147 e. The summed E-state index contributed by atoms with van der Waals surface area (Å²) in [6.45, 7) is 0.684. The van der Waals surface area contributed by atoms with Gasteiger partial charge in [-0.3, -0.25) is 0 Å². The van der Waals surface area contributed by atoms with E-state index >= 15 is 0 Å². The second kappa shape index (κ2) is 5.06. The Balaban J connectivity index is 2.20. The van der Waals surface area contributed by atoms with Crippen LogP contribution in [0.1, 0.15) is 5.56 Å². The highest BCUT2D eigenvalue weighted by Crippen LogP contribution is 2.23. The molecule has 0 fully saturated rings. The van der Waals surface area contributed by atoms with E-state index in [1.54, 1.807) is 6.20 Å². The van der Waals surface area contributed by atoms with Crippen molar-refractivity contribution in [2.45, 2.75) is 6.54 Å². The quantitative estimate of drug-likeness (QED) is 0.848. The molecule has 0 unspecified atom stereocenters. The number of rotatable bonds is 3. The van der Waals surface area contributed by atoms with E-state index in [1.165, 1.54) is 0 Å². The second-order valence-corrected chi connectivity index (χ2v) is 4.27. The summed E-state index contributed by atoms with van der Waals surface area (Å²) in [6.07, 6.45) is 1.73. The number of benzene rings is 1. The van der Waals surface area contributed by atoms with E-state index in [1.807, 2.05) is 48.3 Å². The Bertz CT molecular complexity index is 514. The van der Waals surface area contributed by atoms with E-state index in [2.05, 4.69) is 4.98 Å². The Morgan fingerprint density at radius 2 is 2.00 bits per heavy atom. The predicted molar refractivity (Wildman–Crippen MR) is 72.2 cm³/mol. The number of aromatic nitrogens is 1. The van der Waals surface area contributed by atoms with Gasteiger partial charge in [0.05, 0.1) is 5.02 Å². The van der Waals surface area contributed by atoms with Crippen molar-refractivity contribution < 1.29 is 0 Å². The summed E-state index contributed by atoms with van der Waals surface area (Å²) in [5.41, 5.74) is 7.76. The number of nitrogen functional groups attached to an aromatic ring is 1. The molecular weight excluding hydrogens is 234 g/mol. The summed E-state index contributed by atoms with van der Waals surface area (Å²) in [5.74, 6) is 0.761. The molecule has 1 heterocycles. The summed E-state index contributed by atoms with van der Waals surface area (Å²) in [5, 5.41) is 0.643. The third-order valence-corrected chi connectivity index (χ3v) is 2.86. The molecule has 0 aliphatic rings. The molecule has 0 saturated carbocycles. The molecule has 0 atom stereocenters. The van der Waals surface area contributed by atoms with E-state index in [9.17, 15) is 0 Å². The summed E-state index contributed by atoms with van der Waals surface area (Å²) >= 11 is 6.09. The topological polar surface area (TPSA) is 42.1 Å². The number of hydrogen-bond acceptors (Lipinski definition) is 3. The summed E-state index contributed by atoms with van der Waals surface area (Å²) < 4.78 is 0. The summed E-state index contributed by atoms with van der Waals surface area (Å²) in [7, 11) is 1.95. The Hall–Kier alpha value is -1.74. The molecule has 0 bridgehead atoms. The normalized spacial score (nSPS) is 10.2. The van der Waals surface area contributed by atoms with E-state index in [-0.39, 0.29) is 0 Å². The number of nitrogens with two attached hydrogens (primary N) is 1. The van der Waals surface area contributed by atoms with Gasteiger partial charge in [0.15, 0.2) is 0 Å². The van der Waals surface area contributed by atoms with Gasteiger partial charge in [-0.25, -0.2) is 4.98 Å². The zero-order valence-corrected chi connectivity index (χ0v) is 10.4. The zero-order valence-electron chi connectivity index (χ0n) is 9.60. The Morgan fingerprint density at radius 1 is 1.24 bits per heavy atom. The minimum atomic E-state index is 0.643. The fourth-order valence-corrected chi connectivity index (χ4v) is 1.93. The first-order valence-electron chi connectivity index (χ1n) is 5.33. The zero-order chi connectivity index (χ0) is 12.3. The third kappa shape index (κ3) is 2.68. The fourth-order valence-electron chi connectivity index (χ4n) is 1.67. The molecule has 0 spiro atoms. The van der Waals surface area contributed by atoms with Crippen LogP contribution in [0.2, 0.25) is 5.02 Å². The highest BCUT2D eigenvalue weighted by molar-refractivity contribution is 6.32. The molecule has 1 aromatic carbocycles. The van der Waals surface area contributed by atoms with Crippen molar-refractivity contribution in [1.82, 2.24) is 4.98 Å². The molecule has 88 valence electrons. The number of halogens is 1. The number of nitrogens with zero attached hydrogens (tertiary/aromatic N) is 2. The SMILES string of the molecule is CN(Cc1ccccc1N)c1ncccc1Cl. The van der Waals surface area contributed by atoms with Gasteiger partial charge in [-0.05, 0) is 23.8 Å². The van der Waals surface area contributed by atoms with E-state index < -0.39 is 0 Å². The minimum Gasteiger partial charge on any atom is -0.398 e. The monoisotopic (exact) mass is 247 g/mol. The Kier molecular flexibility index (Phi) is 3.49. The van der Waals surface area contributed by atoms with Gasteiger partial charge in [-0.15, -0.1) is 0 Å². The summed E-state index contributed by atoms with van der Waals surface area (Å²) in [6, 6.07) is 11.4. The van der Waals surface area contributed by atoms with Gasteiger partial charge in [0.25, 0.3) is 0 Å². The van der Waals surface area contributed by atoms with Crippen LogP contribution in [0.3, 0.4) is 0 Å². The third-order valence-electron chi connectivity index (χ3n) is 2.56. The average Bonchev–Trinajstić information content (AvgIpc) is 2.32. The molecule has 2 aromatic rings. The lowest BCUT2D eigenvalue weighted by atomic mass is 10.2. The Labute approximate surface area is 106 Å². The predicted octanol–water partition coefficient (Wildman–Crippen LogP) is 2.95. The molecular formula is C13H14ClN3. The van der Waals surface area contributed by atoms with Crippen molar-refractivity contribution in [2.75, 3.05) is 17.7 Å². The van der Waals surface area contributed by atoms with Crippen molar-refractivity contribution in [1.29, 1.82) is 0 Å². The molecule has 1 aromatic heterocycles. The molecule has 3 nitrogen and oxygen atoms in total. The molecule has 0 amide bonds. The first-order chi connectivity index (χ1) is 8.18. The first kappa shape index (κ1) is 11.7. The lowest BCUT2D eigenvalue weighted by Crippen LogP contribution is -2.18. The van der Waals surface area contributed by atoms with Crippen LogP contribution >= 0.6 is 11.6 Å². The van der Waals surface area contributed by atoms with Crippen LogP contribution in [-0.4, -0.2) is 12.0 Å². The number of para-hydroxylation sites is 1. The van der Waals surface area contributed by atoms with Crippen LogP contribution in [0.25, 0.3) is 0 Å². The van der Waals surface area contributed by atoms with Gasteiger partial charge in [-0.1, -0.05) is 29.8 Å². The van der Waals surface area contributed by atoms with E-state index in [4.69, 9.17) is 17.3 Å². The molecule has 0 saturated heterocycles. The van der Waals surface area contributed by atoms with Crippen LogP contribution in [0.5, 0.6) is 0 Å². The lowest BCUT2D eigenvalue weighted by Gasteiger charge is -2.20. The molecule has 2 N–H and O–H groups in total. The maximum atomic E-state index is 6.09. The highest BCUT2D eigenvalue weighted by Gasteiger charge is 2.08. The van der Waals surface area contributed by atoms with Gasteiger partial charge in [0, 0.05) is 25.5 Å². The minimum absolute atomic E-state index is 0.643. The van der Waals surface area contributed by atoms with Crippen LogP contribution in [-0.2, 0) is 6.54 Å². The molecule has 4 heteroatoms. The fraction of sp³-hybridized carbons (Fsp3) is 0.154. The van der Waals surface area contributed by atoms with E-state index in [0.717, 1.165) is 17.1 Å². The van der Waals surface area contributed by atoms with Crippen LogP contribution in [0.4, 0.5) is 11.5 Å². The largest absolute Gasteiger partial charge is 0.398 e. The van der Waals surface area contributed by atoms with E-state index in [0.29, 0.717) is 11.6 Å². The molecule has 0 radical (unpaired) electrons. The molecule has 2 rings (SSSR count). The standard InChI is InChI=1S/C13H14ClN3/c1-17(13-11(14)6-4-8-16-13)9-10-5-2-3-7-12(10)15/h2-8H,9,15H2,1H3. The Morgan fingerprint density at radius 3 is 2.71 bits per heavy atom. The number of hydrogen-bond donors (Lipinski definition) is 1. The van der Waals surface area contributed by atoms with Crippen molar-refractivity contribution in [3.63, 3.8) is 0 Å². The van der Waals surface area contributed by atoms with Gasteiger partial charge in [-0.2, -0.15) is 0 Å². The maximum absolute atomic E-state index is 6.09.